The van der Waals surface area contributed by atoms with E-state index in [2.05, 4.69) is 23.5 Å². The SMILES string of the molecule is COC(C)C(=O)NCc1cccc2ccccc12. The van der Waals surface area contributed by atoms with Crippen molar-refractivity contribution in [2.24, 2.45) is 0 Å². The van der Waals surface area contributed by atoms with Crippen LogP contribution in [-0.4, -0.2) is 19.1 Å². The number of benzene rings is 2. The van der Waals surface area contributed by atoms with Gasteiger partial charge in [-0.15, -0.1) is 0 Å². The average molecular weight is 243 g/mol. The van der Waals surface area contributed by atoms with Crippen molar-refractivity contribution in [2.45, 2.75) is 19.6 Å². The molecule has 0 spiro atoms. The van der Waals surface area contributed by atoms with E-state index in [1.165, 1.54) is 17.9 Å². The third-order valence-corrected chi connectivity index (χ3v) is 3.06. The van der Waals surface area contributed by atoms with Gasteiger partial charge < -0.3 is 10.1 Å². The summed E-state index contributed by atoms with van der Waals surface area (Å²) in [5.41, 5.74) is 1.12. The van der Waals surface area contributed by atoms with Gasteiger partial charge in [-0.2, -0.15) is 0 Å². The summed E-state index contributed by atoms with van der Waals surface area (Å²) < 4.78 is 4.98. The van der Waals surface area contributed by atoms with E-state index in [0.717, 1.165) is 5.56 Å². The zero-order valence-corrected chi connectivity index (χ0v) is 10.6. The van der Waals surface area contributed by atoms with Crippen molar-refractivity contribution >= 4 is 16.7 Å². The second kappa shape index (κ2) is 5.65. The number of carbonyl (C=O) groups excluding carboxylic acids is 1. The molecular formula is C15H17NO2. The molecule has 0 saturated carbocycles. The van der Waals surface area contributed by atoms with Gasteiger partial charge in [-0.3, -0.25) is 4.79 Å². The molecule has 2 aromatic rings. The first kappa shape index (κ1) is 12.6. The predicted molar refractivity (Wildman–Crippen MR) is 72.3 cm³/mol. The van der Waals surface area contributed by atoms with Gasteiger partial charge in [-0.1, -0.05) is 42.5 Å². The number of amides is 1. The molecule has 1 amide bonds. The molecule has 0 aliphatic heterocycles. The highest BCUT2D eigenvalue weighted by Gasteiger charge is 2.11. The fourth-order valence-corrected chi connectivity index (χ4v) is 1.88. The summed E-state index contributed by atoms with van der Waals surface area (Å²) in [6.07, 6.45) is -0.417. The van der Waals surface area contributed by atoms with E-state index < -0.39 is 6.10 Å². The lowest BCUT2D eigenvalue weighted by Crippen LogP contribution is -2.33. The van der Waals surface area contributed by atoms with Crippen molar-refractivity contribution in [3.63, 3.8) is 0 Å². The Balaban J connectivity index is 2.15. The Bertz CT molecular complexity index is 546. The molecule has 0 bridgehead atoms. The third-order valence-electron chi connectivity index (χ3n) is 3.06. The molecule has 0 aliphatic carbocycles. The summed E-state index contributed by atoms with van der Waals surface area (Å²) in [5.74, 6) is -0.0922. The van der Waals surface area contributed by atoms with Crippen LogP contribution < -0.4 is 5.32 Å². The summed E-state index contributed by atoms with van der Waals surface area (Å²) in [6, 6.07) is 14.3. The Hall–Kier alpha value is -1.87. The monoisotopic (exact) mass is 243 g/mol. The number of methoxy groups -OCH3 is 1. The van der Waals surface area contributed by atoms with Crippen LogP contribution in [0.25, 0.3) is 10.8 Å². The van der Waals surface area contributed by atoms with E-state index in [0.29, 0.717) is 6.54 Å². The zero-order valence-electron chi connectivity index (χ0n) is 10.6. The maximum absolute atomic E-state index is 11.6. The van der Waals surface area contributed by atoms with Crippen molar-refractivity contribution in [3.05, 3.63) is 48.0 Å². The Labute approximate surface area is 107 Å². The summed E-state index contributed by atoms with van der Waals surface area (Å²) in [6.45, 7) is 2.26. The standard InChI is InChI=1S/C15H17NO2/c1-11(18-2)15(17)16-10-13-8-5-7-12-6-3-4-9-14(12)13/h3-9,11H,10H2,1-2H3,(H,16,17). The van der Waals surface area contributed by atoms with Crippen LogP contribution in [0.1, 0.15) is 12.5 Å². The number of rotatable bonds is 4. The molecule has 0 radical (unpaired) electrons. The number of nitrogens with one attached hydrogen (secondary N) is 1. The molecule has 0 aliphatic rings. The Morgan fingerprint density at radius 3 is 2.72 bits per heavy atom. The minimum absolute atomic E-state index is 0.0922. The highest BCUT2D eigenvalue weighted by atomic mass is 16.5. The van der Waals surface area contributed by atoms with Gasteiger partial charge >= 0.3 is 0 Å². The lowest BCUT2D eigenvalue weighted by atomic mass is 10.0. The van der Waals surface area contributed by atoms with Gasteiger partial charge in [0.05, 0.1) is 0 Å². The maximum atomic E-state index is 11.6. The quantitative estimate of drug-likeness (QED) is 0.896. The van der Waals surface area contributed by atoms with Gasteiger partial charge in [0, 0.05) is 13.7 Å². The minimum Gasteiger partial charge on any atom is -0.372 e. The average Bonchev–Trinajstić information content (AvgIpc) is 2.43. The van der Waals surface area contributed by atoms with Crippen molar-refractivity contribution < 1.29 is 9.53 Å². The fraction of sp³-hybridized carbons (Fsp3) is 0.267. The van der Waals surface area contributed by atoms with E-state index in [1.807, 2.05) is 24.3 Å². The lowest BCUT2D eigenvalue weighted by molar-refractivity contribution is -0.130. The molecule has 0 saturated heterocycles. The van der Waals surface area contributed by atoms with Crippen LogP contribution in [0.15, 0.2) is 42.5 Å². The van der Waals surface area contributed by atoms with Crippen molar-refractivity contribution in [2.75, 3.05) is 7.11 Å². The van der Waals surface area contributed by atoms with Crippen LogP contribution >= 0.6 is 0 Å². The van der Waals surface area contributed by atoms with Crippen LogP contribution in [-0.2, 0) is 16.1 Å². The van der Waals surface area contributed by atoms with Gasteiger partial charge in [-0.25, -0.2) is 0 Å². The predicted octanol–water partition coefficient (Wildman–Crippen LogP) is 2.49. The van der Waals surface area contributed by atoms with E-state index >= 15 is 0 Å². The van der Waals surface area contributed by atoms with Crippen molar-refractivity contribution in [1.29, 1.82) is 0 Å². The molecule has 3 heteroatoms. The smallest absolute Gasteiger partial charge is 0.249 e. The first-order chi connectivity index (χ1) is 8.72. The largest absolute Gasteiger partial charge is 0.372 e. The summed E-state index contributed by atoms with van der Waals surface area (Å²) in [5, 5.41) is 5.23. The first-order valence-corrected chi connectivity index (χ1v) is 5.99. The molecule has 3 nitrogen and oxygen atoms in total. The molecule has 0 aromatic heterocycles. The number of hydrogen-bond donors (Lipinski definition) is 1. The van der Waals surface area contributed by atoms with Crippen molar-refractivity contribution in [1.82, 2.24) is 5.32 Å². The van der Waals surface area contributed by atoms with E-state index in [-0.39, 0.29) is 5.91 Å². The molecule has 2 rings (SSSR count). The van der Waals surface area contributed by atoms with E-state index in [9.17, 15) is 4.79 Å². The third kappa shape index (κ3) is 2.68. The molecule has 1 unspecified atom stereocenters. The van der Waals surface area contributed by atoms with Gasteiger partial charge in [-0.05, 0) is 23.3 Å². The molecule has 18 heavy (non-hydrogen) atoms. The van der Waals surface area contributed by atoms with Crippen LogP contribution in [0.4, 0.5) is 0 Å². The van der Waals surface area contributed by atoms with E-state index in [4.69, 9.17) is 4.74 Å². The summed E-state index contributed by atoms with van der Waals surface area (Å²) in [7, 11) is 1.53. The van der Waals surface area contributed by atoms with Crippen LogP contribution in [0, 0.1) is 0 Å². The minimum atomic E-state index is -0.417. The zero-order chi connectivity index (χ0) is 13.0. The number of fused-ring (bicyclic) bond motifs is 1. The first-order valence-electron chi connectivity index (χ1n) is 5.99. The molecule has 0 heterocycles. The number of hydrogen-bond acceptors (Lipinski definition) is 2. The van der Waals surface area contributed by atoms with E-state index in [1.54, 1.807) is 6.92 Å². The Morgan fingerprint density at radius 2 is 1.94 bits per heavy atom. The highest BCUT2D eigenvalue weighted by molar-refractivity contribution is 5.86. The van der Waals surface area contributed by atoms with Crippen LogP contribution in [0.5, 0.6) is 0 Å². The number of ether oxygens (including phenoxy) is 1. The Kier molecular flexibility index (Phi) is 3.95. The normalized spacial score (nSPS) is 12.3. The maximum Gasteiger partial charge on any atom is 0.249 e. The summed E-state index contributed by atoms with van der Waals surface area (Å²) >= 11 is 0. The lowest BCUT2D eigenvalue weighted by Gasteiger charge is -2.11. The van der Waals surface area contributed by atoms with Crippen molar-refractivity contribution in [3.8, 4) is 0 Å². The molecule has 1 atom stereocenters. The van der Waals surface area contributed by atoms with Gasteiger partial charge in [0.1, 0.15) is 6.10 Å². The van der Waals surface area contributed by atoms with Crippen LogP contribution in [0.2, 0.25) is 0 Å². The highest BCUT2D eigenvalue weighted by Crippen LogP contribution is 2.18. The molecule has 1 N–H and O–H groups in total. The van der Waals surface area contributed by atoms with Gasteiger partial charge in [0.15, 0.2) is 0 Å². The van der Waals surface area contributed by atoms with Gasteiger partial charge in [0.25, 0.3) is 0 Å². The fourth-order valence-electron chi connectivity index (χ4n) is 1.88. The second-order valence-corrected chi connectivity index (χ2v) is 4.23. The Morgan fingerprint density at radius 1 is 1.22 bits per heavy atom. The van der Waals surface area contributed by atoms with Crippen LogP contribution in [0.3, 0.4) is 0 Å². The topological polar surface area (TPSA) is 38.3 Å². The molecule has 0 fully saturated rings. The molecule has 94 valence electrons. The molecule has 2 aromatic carbocycles. The summed E-state index contributed by atoms with van der Waals surface area (Å²) in [4.78, 5) is 11.6. The van der Waals surface area contributed by atoms with Gasteiger partial charge in [0.2, 0.25) is 5.91 Å². The number of carbonyl (C=O) groups is 1. The molecular weight excluding hydrogens is 226 g/mol. The second-order valence-electron chi connectivity index (χ2n) is 4.23.